The lowest BCUT2D eigenvalue weighted by Gasteiger charge is -2.28. The topological polar surface area (TPSA) is 101 Å². The maximum Gasteiger partial charge on any atom is 0.243 e. The van der Waals surface area contributed by atoms with Crippen LogP contribution in [0.3, 0.4) is 0 Å². The van der Waals surface area contributed by atoms with Crippen molar-refractivity contribution in [3.8, 4) is 29.0 Å². The first-order valence-electron chi connectivity index (χ1n) is 10.6. The van der Waals surface area contributed by atoms with Gasteiger partial charge < -0.3 is 29.0 Å². The minimum atomic E-state index is -0.902. The van der Waals surface area contributed by atoms with Crippen molar-refractivity contribution in [3.63, 3.8) is 0 Å². The molecule has 9 nitrogen and oxygen atoms in total. The van der Waals surface area contributed by atoms with E-state index >= 15 is 0 Å². The molecule has 0 radical (unpaired) electrons. The van der Waals surface area contributed by atoms with E-state index in [1.807, 2.05) is 30.3 Å². The molecule has 1 amide bonds. The quantitative estimate of drug-likeness (QED) is 0.651. The van der Waals surface area contributed by atoms with Crippen LogP contribution in [-0.4, -0.2) is 49.4 Å². The summed E-state index contributed by atoms with van der Waals surface area (Å²) in [6.07, 6.45) is 0.0741. The van der Waals surface area contributed by atoms with E-state index in [0.29, 0.717) is 47.9 Å². The molecule has 3 aliphatic rings. The minimum Gasteiger partial charge on any atom is -0.491 e. The molecule has 0 aliphatic carbocycles. The number of hydrogen-bond donors (Lipinski definition) is 1. The molecule has 6 rings (SSSR count). The molecule has 4 heterocycles. The molecule has 3 aromatic rings. The van der Waals surface area contributed by atoms with Crippen molar-refractivity contribution < 1.29 is 28.5 Å². The first-order valence-corrected chi connectivity index (χ1v) is 10.6. The monoisotopic (exact) mass is 447 g/mol. The molecule has 2 aromatic carbocycles. The van der Waals surface area contributed by atoms with Crippen LogP contribution in [-0.2, 0) is 16.6 Å². The summed E-state index contributed by atoms with van der Waals surface area (Å²) >= 11 is 0. The summed E-state index contributed by atoms with van der Waals surface area (Å²) in [5.41, 5.74) is 1.57. The van der Waals surface area contributed by atoms with Gasteiger partial charge in [0, 0.05) is 23.7 Å². The third-order valence-electron chi connectivity index (χ3n) is 6.24. The van der Waals surface area contributed by atoms with Gasteiger partial charge in [0.05, 0.1) is 20.3 Å². The number of para-hydroxylation sites is 1. The zero-order valence-electron chi connectivity index (χ0n) is 18.1. The van der Waals surface area contributed by atoms with Crippen molar-refractivity contribution in [2.45, 2.75) is 17.9 Å². The van der Waals surface area contributed by atoms with E-state index < -0.39 is 5.41 Å². The third-order valence-corrected chi connectivity index (χ3v) is 6.24. The van der Waals surface area contributed by atoms with Crippen molar-refractivity contribution in [3.05, 3.63) is 59.4 Å². The SMILES string of the molecule is COc1cc(OC)nc(CC2COc3cc4c(cc3O2)C2(CO4)C(=O)Nc3ccccc32)n1. The molecule has 1 N–H and O–H groups in total. The molecule has 0 saturated carbocycles. The number of aromatic nitrogens is 2. The average molecular weight is 447 g/mol. The average Bonchev–Trinajstić information content (AvgIpc) is 3.35. The number of hydrogen-bond acceptors (Lipinski definition) is 8. The van der Waals surface area contributed by atoms with E-state index in [0.717, 1.165) is 16.8 Å². The Hall–Kier alpha value is -4.01. The van der Waals surface area contributed by atoms with Crippen molar-refractivity contribution >= 4 is 11.6 Å². The maximum atomic E-state index is 13.1. The highest BCUT2D eigenvalue weighted by molar-refractivity contribution is 6.09. The van der Waals surface area contributed by atoms with Gasteiger partial charge in [0.2, 0.25) is 17.7 Å². The van der Waals surface area contributed by atoms with Crippen LogP contribution < -0.4 is 29.0 Å². The Morgan fingerprint density at radius 3 is 2.58 bits per heavy atom. The van der Waals surface area contributed by atoms with Gasteiger partial charge in [0.25, 0.3) is 0 Å². The summed E-state index contributed by atoms with van der Waals surface area (Å²) < 4.78 is 28.7. The van der Waals surface area contributed by atoms with Gasteiger partial charge in [-0.25, -0.2) is 0 Å². The lowest BCUT2D eigenvalue weighted by Crippen LogP contribution is -2.37. The highest BCUT2D eigenvalue weighted by atomic mass is 16.6. The zero-order valence-corrected chi connectivity index (χ0v) is 18.1. The van der Waals surface area contributed by atoms with E-state index in [4.69, 9.17) is 23.7 Å². The molecule has 9 heteroatoms. The predicted molar refractivity (Wildman–Crippen MR) is 117 cm³/mol. The van der Waals surface area contributed by atoms with Gasteiger partial charge in [-0.1, -0.05) is 18.2 Å². The number of carbonyl (C=O) groups is 1. The predicted octanol–water partition coefficient (Wildman–Crippen LogP) is 2.51. The van der Waals surface area contributed by atoms with Crippen LogP contribution in [0.5, 0.6) is 29.0 Å². The zero-order chi connectivity index (χ0) is 22.6. The Morgan fingerprint density at radius 2 is 1.79 bits per heavy atom. The highest BCUT2D eigenvalue weighted by Gasteiger charge is 2.54. The van der Waals surface area contributed by atoms with Crippen LogP contribution in [0.25, 0.3) is 0 Å². The number of methoxy groups -OCH3 is 2. The number of fused-ring (bicyclic) bond motifs is 5. The van der Waals surface area contributed by atoms with E-state index in [2.05, 4.69) is 15.3 Å². The number of anilines is 1. The molecule has 1 spiro atoms. The first kappa shape index (κ1) is 19.7. The summed E-state index contributed by atoms with van der Waals surface area (Å²) in [7, 11) is 3.08. The van der Waals surface area contributed by atoms with Crippen LogP contribution >= 0.6 is 0 Å². The highest BCUT2D eigenvalue weighted by Crippen LogP contribution is 2.53. The Labute approximate surface area is 189 Å². The van der Waals surface area contributed by atoms with Crippen LogP contribution in [0.1, 0.15) is 17.0 Å². The van der Waals surface area contributed by atoms with Crippen LogP contribution in [0, 0.1) is 0 Å². The number of amides is 1. The van der Waals surface area contributed by atoms with Gasteiger partial charge in [-0.05, 0) is 17.7 Å². The molecule has 0 bridgehead atoms. The second kappa shape index (κ2) is 7.26. The normalized spacial score (nSPS) is 21.8. The fourth-order valence-electron chi connectivity index (χ4n) is 4.64. The molecule has 0 saturated heterocycles. The molecule has 1 aromatic heterocycles. The largest absolute Gasteiger partial charge is 0.491 e. The molecule has 3 aliphatic heterocycles. The van der Waals surface area contributed by atoms with E-state index in [1.165, 1.54) is 14.2 Å². The Balaban J connectivity index is 1.33. The summed E-state index contributed by atoms with van der Waals surface area (Å²) in [6.45, 7) is 0.554. The molecule has 2 atom stereocenters. The van der Waals surface area contributed by atoms with E-state index in [1.54, 1.807) is 12.1 Å². The van der Waals surface area contributed by atoms with Crippen LogP contribution in [0.2, 0.25) is 0 Å². The smallest absolute Gasteiger partial charge is 0.243 e. The summed E-state index contributed by atoms with van der Waals surface area (Å²) in [5.74, 6) is 3.01. The fourth-order valence-corrected chi connectivity index (χ4v) is 4.64. The van der Waals surface area contributed by atoms with Gasteiger partial charge in [0.1, 0.15) is 36.3 Å². The number of carbonyl (C=O) groups excluding carboxylic acids is 1. The summed E-state index contributed by atoms with van der Waals surface area (Å²) in [4.78, 5) is 21.9. The molecule has 2 unspecified atom stereocenters. The Kier molecular flexibility index (Phi) is 4.33. The third kappa shape index (κ3) is 2.95. The molecule has 33 heavy (non-hydrogen) atoms. The van der Waals surface area contributed by atoms with Crippen molar-refractivity contribution in [2.75, 3.05) is 32.8 Å². The Bertz CT molecular complexity index is 1260. The molecule has 0 fully saturated rings. The second-order valence-corrected chi connectivity index (χ2v) is 8.11. The minimum absolute atomic E-state index is 0.104. The van der Waals surface area contributed by atoms with Gasteiger partial charge in [0.15, 0.2) is 11.5 Å². The number of rotatable bonds is 4. The Morgan fingerprint density at radius 1 is 1.00 bits per heavy atom. The maximum absolute atomic E-state index is 13.1. The van der Waals surface area contributed by atoms with Crippen LogP contribution in [0.4, 0.5) is 5.69 Å². The standard InChI is InChI=1S/C24H21N3O6/c1-29-21-10-22(30-2)27-20(26-21)7-13-11-31-18-9-17-15(8-19(18)33-13)24(12-32-17)14-5-3-4-6-16(14)25-23(24)28/h3-6,8-10,13H,7,11-12H2,1-2H3,(H,25,28). The van der Waals surface area contributed by atoms with Crippen LogP contribution in [0.15, 0.2) is 42.5 Å². The van der Waals surface area contributed by atoms with Crippen molar-refractivity contribution in [1.29, 1.82) is 0 Å². The lowest BCUT2D eigenvalue weighted by atomic mass is 9.77. The first-order chi connectivity index (χ1) is 16.1. The van der Waals surface area contributed by atoms with Crippen molar-refractivity contribution in [2.24, 2.45) is 0 Å². The second-order valence-electron chi connectivity index (χ2n) is 8.11. The number of nitrogens with one attached hydrogen (secondary N) is 1. The molecule has 168 valence electrons. The summed E-state index contributed by atoms with van der Waals surface area (Å²) in [6, 6.07) is 13.0. The fraction of sp³-hybridized carbons (Fsp3) is 0.292. The van der Waals surface area contributed by atoms with Gasteiger partial charge in [-0.2, -0.15) is 9.97 Å². The lowest BCUT2D eigenvalue weighted by molar-refractivity contribution is -0.119. The van der Waals surface area contributed by atoms with Gasteiger partial charge in [-0.3, -0.25) is 4.79 Å². The van der Waals surface area contributed by atoms with Gasteiger partial charge in [-0.15, -0.1) is 0 Å². The van der Waals surface area contributed by atoms with E-state index in [-0.39, 0.29) is 18.6 Å². The van der Waals surface area contributed by atoms with Crippen molar-refractivity contribution in [1.82, 2.24) is 9.97 Å². The number of ether oxygens (including phenoxy) is 5. The summed E-state index contributed by atoms with van der Waals surface area (Å²) in [5, 5.41) is 2.98. The number of benzene rings is 2. The number of nitrogens with zero attached hydrogens (tertiary/aromatic N) is 2. The van der Waals surface area contributed by atoms with Gasteiger partial charge >= 0.3 is 0 Å². The molecular formula is C24H21N3O6. The van der Waals surface area contributed by atoms with E-state index in [9.17, 15) is 4.79 Å². The molecular weight excluding hydrogens is 426 g/mol.